The van der Waals surface area contributed by atoms with Crippen molar-refractivity contribution >= 4 is 24.0 Å². The number of rotatable bonds is 5. The van der Waals surface area contributed by atoms with Crippen LogP contribution in [0.3, 0.4) is 0 Å². The molecule has 0 spiro atoms. The van der Waals surface area contributed by atoms with Gasteiger partial charge in [-0.25, -0.2) is 4.39 Å². The van der Waals surface area contributed by atoms with E-state index in [2.05, 4.69) is 5.32 Å². The molecule has 21 heavy (non-hydrogen) atoms. The Bertz CT molecular complexity index is 477. The number of carbonyl (C=O) groups is 1. The standard InChI is InChI=1S/C15H21FN2O2.ClH/c1-10(17)8-15(19)18-11-6-7-14(13(16)9-11)20-12-4-2-3-5-12;/h6-7,9-10,12H,2-5,8,17H2,1H3,(H,18,19);1H. The van der Waals surface area contributed by atoms with Crippen molar-refractivity contribution in [2.24, 2.45) is 5.73 Å². The van der Waals surface area contributed by atoms with E-state index in [0.29, 0.717) is 5.69 Å². The van der Waals surface area contributed by atoms with Crippen LogP contribution >= 0.6 is 12.4 Å². The minimum atomic E-state index is -0.449. The van der Waals surface area contributed by atoms with E-state index in [0.717, 1.165) is 25.7 Å². The minimum Gasteiger partial charge on any atom is -0.487 e. The molecule has 1 aliphatic rings. The van der Waals surface area contributed by atoms with Gasteiger partial charge in [-0.05, 0) is 44.7 Å². The molecule has 4 nitrogen and oxygen atoms in total. The van der Waals surface area contributed by atoms with Crippen LogP contribution in [0.2, 0.25) is 0 Å². The molecule has 1 aromatic carbocycles. The highest BCUT2D eigenvalue weighted by Crippen LogP contribution is 2.27. The number of ether oxygens (including phenoxy) is 1. The van der Waals surface area contributed by atoms with Crippen molar-refractivity contribution in [2.45, 2.75) is 51.2 Å². The van der Waals surface area contributed by atoms with Crippen molar-refractivity contribution in [3.8, 4) is 5.75 Å². The zero-order chi connectivity index (χ0) is 14.5. The lowest BCUT2D eigenvalue weighted by molar-refractivity contribution is -0.116. The summed E-state index contributed by atoms with van der Waals surface area (Å²) >= 11 is 0. The SMILES string of the molecule is CC(N)CC(=O)Nc1ccc(OC2CCCC2)c(F)c1.Cl. The summed E-state index contributed by atoms with van der Waals surface area (Å²) in [5.74, 6) is -0.415. The number of nitrogens with one attached hydrogen (secondary N) is 1. The van der Waals surface area contributed by atoms with Crippen LogP contribution < -0.4 is 15.8 Å². The molecule has 0 heterocycles. The first-order chi connectivity index (χ1) is 9.54. The highest BCUT2D eigenvalue weighted by molar-refractivity contribution is 5.91. The maximum atomic E-state index is 13.9. The molecule has 1 saturated carbocycles. The predicted octanol–water partition coefficient (Wildman–Crippen LogP) is 3.24. The van der Waals surface area contributed by atoms with Crippen LogP contribution in [0, 0.1) is 5.82 Å². The van der Waals surface area contributed by atoms with Crippen LogP contribution in [0.5, 0.6) is 5.75 Å². The van der Waals surface area contributed by atoms with Crippen LogP contribution in [0.25, 0.3) is 0 Å². The molecule has 0 saturated heterocycles. The van der Waals surface area contributed by atoms with Crippen LogP contribution in [0.1, 0.15) is 39.0 Å². The lowest BCUT2D eigenvalue weighted by Crippen LogP contribution is -2.24. The molecule has 6 heteroatoms. The number of amides is 1. The minimum absolute atomic E-state index is 0. The fourth-order valence-corrected chi connectivity index (χ4v) is 2.36. The molecule has 0 aliphatic heterocycles. The molecule has 0 radical (unpaired) electrons. The van der Waals surface area contributed by atoms with E-state index in [9.17, 15) is 9.18 Å². The average molecular weight is 317 g/mol. The summed E-state index contributed by atoms with van der Waals surface area (Å²) < 4.78 is 19.5. The van der Waals surface area contributed by atoms with Crippen LogP contribution in [-0.2, 0) is 4.79 Å². The molecule has 1 aliphatic carbocycles. The monoisotopic (exact) mass is 316 g/mol. The summed E-state index contributed by atoms with van der Waals surface area (Å²) in [4.78, 5) is 11.6. The van der Waals surface area contributed by atoms with Gasteiger partial charge in [0.2, 0.25) is 5.91 Å². The number of hydrogen-bond donors (Lipinski definition) is 2. The van der Waals surface area contributed by atoms with E-state index in [1.807, 2.05) is 0 Å². The second kappa shape index (κ2) is 8.20. The summed E-state index contributed by atoms with van der Waals surface area (Å²) in [7, 11) is 0. The van der Waals surface area contributed by atoms with Crippen molar-refractivity contribution in [1.29, 1.82) is 0 Å². The topological polar surface area (TPSA) is 64.4 Å². The lowest BCUT2D eigenvalue weighted by Gasteiger charge is -2.14. The number of benzene rings is 1. The highest BCUT2D eigenvalue weighted by atomic mass is 35.5. The van der Waals surface area contributed by atoms with Crippen molar-refractivity contribution in [2.75, 3.05) is 5.32 Å². The lowest BCUT2D eigenvalue weighted by atomic mass is 10.2. The van der Waals surface area contributed by atoms with Crippen molar-refractivity contribution in [3.05, 3.63) is 24.0 Å². The Morgan fingerprint density at radius 2 is 2.14 bits per heavy atom. The van der Waals surface area contributed by atoms with Crippen LogP contribution in [0.15, 0.2) is 18.2 Å². The van der Waals surface area contributed by atoms with Gasteiger partial charge in [0.25, 0.3) is 0 Å². The van der Waals surface area contributed by atoms with Crippen molar-refractivity contribution < 1.29 is 13.9 Å². The summed E-state index contributed by atoms with van der Waals surface area (Å²) in [6.45, 7) is 1.75. The molecule has 1 fully saturated rings. The van der Waals surface area contributed by atoms with E-state index in [1.165, 1.54) is 6.07 Å². The Morgan fingerprint density at radius 1 is 1.48 bits per heavy atom. The van der Waals surface area contributed by atoms with E-state index >= 15 is 0 Å². The molecule has 118 valence electrons. The van der Waals surface area contributed by atoms with Crippen LogP contribution in [-0.4, -0.2) is 18.1 Å². The molecular formula is C15H22ClFN2O2. The van der Waals surface area contributed by atoms with Gasteiger partial charge < -0.3 is 15.8 Å². The highest BCUT2D eigenvalue weighted by Gasteiger charge is 2.18. The molecule has 0 bridgehead atoms. The number of anilines is 1. The molecule has 2 rings (SSSR count). The molecular weight excluding hydrogens is 295 g/mol. The maximum Gasteiger partial charge on any atom is 0.225 e. The van der Waals surface area contributed by atoms with Gasteiger partial charge in [0, 0.05) is 24.2 Å². The van der Waals surface area contributed by atoms with Gasteiger partial charge in [0.05, 0.1) is 6.10 Å². The first kappa shape index (κ1) is 17.7. The Balaban J connectivity index is 0.00000220. The Morgan fingerprint density at radius 3 is 2.71 bits per heavy atom. The molecule has 1 aromatic rings. The number of halogens is 2. The van der Waals surface area contributed by atoms with Crippen molar-refractivity contribution in [1.82, 2.24) is 0 Å². The molecule has 0 aromatic heterocycles. The largest absolute Gasteiger partial charge is 0.487 e. The van der Waals surface area contributed by atoms with Gasteiger partial charge in [-0.3, -0.25) is 4.79 Å². The second-order valence-corrected chi connectivity index (χ2v) is 5.40. The zero-order valence-electron chi connectivity index (χ0n) is 12.1. The average Bonchev–Trinajstić information content (AvgIpc) is 2.84. The Kier molecular flexibility index (Phi) is 6.92. The fourth-order valence-electron chi connectivity index (χ4n) is 2.36. The van der Waals surface area contributed by atoms with E-state index < -0.39 is 5.82 Å². The summed E-state index contributed by atoms with van der Waals surface area (Å²) in [5, 5.41) is 2.62. The van der Waals surface area contributed by atoms with Gasteiger partial charge in [0.1, 0.15) is 0 Å². The fraction of sp³-hybridized carbons (Fsp3) is 0.533. The van der Waals surface area contributed by atoms with E-state index in [4.69, 9.17) is 10.5 Å². The normalized spacial score (nSPS) is 16.1. The summed E-state index contributed by atoms with van der Waals surface area (Å²) in [5.41, 5.74) is 5.96. The first-order valence-electron chi connectivity index (χ1n) is 7.06. The first-order valence-corrected chi connectivity index (χ1v) is 7.06. The van der Waals surface area contributed by atoms with Gasteiger partial charge >= 0.3 is 0 Å². The van der Waals surface area contributed by atoms with Crippen LogP contribution in [0.4, 0.5) is 10.1 Å². The number of hydrogen-bond acceptors (Lipinski definition) is 3. The van der Waals surface area contributed by atoms with Gasteiger partial charge in [0.15, 0.2) is 11.6 Å². The third-order valence-corrected chi connectivity index (χ3v) is 3.32. The van der Waals surface area contributed by atoms with E-state index in [1.54, 1.807) is 19.1 Å². The summed E-state index contributed by atoms with van der Waals surface area (Å²) in [6.07, 6.45) is 4.55. The van der Waals surface area contributed by atoms with Crippen molar-refractivity contribution in [3.63, 3.8) is 0 Å². The Labute approximate surface area is 130 Å². The third kappa shape index (κ3) is 5.52. The Hall–Kier alpha value is -1.33. The van der Waals surface area contributed by atoms with Gasteiger partial charge in [-0.15, -0.1) is 12.4 Å². The molecule has 1 unspecified atom stereocenters. The predicted molar refractivity (Wildman–Crippen MR) is 83.4 cm³/mol. The van der Waals surface area contributed by atoms with E-state index in [-0.39, 0.29) is 42.6 Å². The maximum absolute atomic E-state index is 13.9. The summed E-state index contributed by atoms with van der Waals surface area (Å²) in [6, 6.07) is 4.27. The molecule has 1 amide bonds. The smallest absolute Gasteiger partial charge is 0.225 e. The zero-order valence-corrected chi connectivity index (χ0v) is 12.9. The molecule has 1 atom stereocenters. The van der Waals surface area contributed by atoms with Gasteiger partial charge in [-0.1, -0.05) is 0 Å². The number of carbonyl (C=O) groups excluding carboxylic acids is 1. The number of nitrogens with two attached hydrogens (primary N) is 1. The molecule has 3 N–H and O–H groups in total. The quantitative estimate of drug-likeness (QED) is 0.876. The van der Waals surface area contributed by atoms with Gasteiger partial charge in [-0.2, -0.15) is 0 Å². The third-order valence-electron chi connectivity index (χ3n) is 3.32. The second-order valence-electron chi connectivity index (χ2n) is 5.40.